The number of aromatic nitrogens is 2. The fourth-order valence-corrected chi connectivity index (χ4v) is 11.2. The second kappa shape index (κ2) is 21.7. The molecule has 76 heavy (non-hydrogen) atoms. The first-order valence-corrected chi connectivity index (χ1v) is 26.6. The molecule has 12 rings (SSSR count). The van der Waals surface area contributed by atoms with Gasteiger partial charge in [-0.3, -0.25) is 9.97 Å². The van der Waals surface area contributed by atoms with Crippen molar-refractivity contribution in [2.24, 2.45) is 5.92 Å². The lowest BCUT2D eigenvalue weighted by atomic mass is 9.84. The number of hydrogen-bond acceptors (Lipinski definition) is 5. The molecule has 3 aliphatic carbocycles. The van der Waals surface area contributed by atoms with Crippen LogP contribution in [0.1, 0.15) is 65.0 Å². The quantitative estimate of drug-likeness (QED) is 0.0611. The van der Waals surface area contributed by atoms with Crippen LogP contribution in [0.2, 0.25) is 0 Å². The fourth-order valence-electron chi connectivity index (χ4n) is 11.2. The van der Waals surface area contributed by atoms with Gasteiger partial charge in [-0.2, -0.15) is 0 Å². The molecule has 2 aromatic heterocycles. The van der Waals surface area contributed by atoms with Gasteiger partial charge in [0.05, 0.1) is 28.1 Å². The summed E-state index contributed by atoms with van der Waals surface area (Å²) in [5, 5.41) is 18.6. The second-order valence-electron chi connectivity index (χ2n) is 20.0. The predicted molar refractivity (Wildman–Crippen MR) is 324 cm³/mol. The summed E-state index contributed by atoms with van der Waals surface area (Å²) < 4.78 is 0. The Kier molecular flexibility index (Phi) is 13.7. The van der Waals surface area contributed by atoms with Crippen molar-refractivity contribution in [3.63, 3.8) is 0 Å². The van der Waals surface area contributed by atoms with Crippen LogP contribution in [-0.2, 0) is 0 Å². The Hall–Kier alpha value is -9.19. The van der Waals surface area contributed by atoms with Gasteiger partial charge in [0.2, 0.25) is 0 Å². The molecule has 0 spiro atoms. The minimum absolute atomic E-state index is 0.104. The molecule has 5 heteroatoms. The van der Waals surface area contributed by atoms with Crippen LogP contribution in [0.5, 0.6) is 0 Å². The molecular formula is C71H59N5. The number of rotatable bonds is 13. The number of pyridine rings is 2. The molecular weight excluding hydrogens is 923 g/mol. The third kappa shape index (κ3) is 10.1. The minimum Gasteiger partial charge on any atom is -0.379 e. The van der Waals surface area contributed by atoms with Crippen molar-refractivity contribution in [1.82, 2.24) is 9.97 Å². The van der Waals surface area contributed by atoms with Crippen LogP contribution in [0.25, 0.3) is 73.4 Å². The van der Waals surface area contributed by atoms with Gasteiger partial charge in [0, 0.05) is 59.2 Å². The molecule has 0 fully saturated rings. The lowest BCUT2D eigenvalue weighted by Crippen LogP contribution is -2.13. The largest absolute Gasteiger partial charge is 0.379 e. The van der Waals surface area contributed by atoms with Gasteiger partial charge in [0.1, 0.15) is 0 Å². The molecule has 0 saturated heterocycles. The summed E-state index contributed by atoms with van der Waals surface area (Å²) in [5.74, 6) is 0.338. The summed E-state index contributed by atoms with van der Waals surface area (Å²) in [5.41, 5.74) is 22.3. The Labute approximate surface area is 446 Å². The molecule has 2 unspecified atom stereocenters. The Morgan fingerprint density at radius 1 is 0.684 bits per heavy atom. The van der Waals surface area contributed by atoms with Crippen LogP contribution in [-0.4, -0.2) is 28.8 Å². The number of anilines is 2. The van der Waals surface area contributed by atoms with Crippen molar-refractivity contribution in [2.45, 2.75) is 31.6 Å². The summed E-state index contributed by atoms with van der Waals surface area (Å²) in [6.45, 7) is 5.86. The average Bonchev–Trinajstić information content (AvgIpc) is 3.49. The number of nitrogens with one attached hydrogen (secondary N) is 3. The smallest absolute Gasteiger partial charge is 0.0970 e. The van der Waals surface area contributed by atoms with Crippen LogP contribution in [0.15, 0.2) is 248 Å². The highest BCUT2D eigenvalue weighted by Crippen LogP contribution is 2.43. The molecule has 5 aliphatic rings. The molecule has 2 atom stereocenters. The van der Waals surface area contributed by atoms with Crippen LogP contribution in [0.4, 0.5) is 11.4 Å². The molecule has 0 amide bonds. The standard InChI is InChI=1S/C71H59N5/c1-2-50(65-45-61-27-11-37-73-68(61)70-63(65)29-13-39-75-70)20-6-15-48-16-7-21-54(41-48)55-22-8-17-49(42-55)31-32-60(47-67(72)53-18-4-3-5-19-53)59-26-10-25-58(44-59)57-24-9-23-56(43-57)51-33-35-52(36-34-51)66-46-62-28-12-38-74-69(62)71-64(66)30-14-40-76-71/h2-4,6-18,20-21,23-25,27-37,39,41-47,55,59,72,74,76H,1,5,19,22,26,38,40H2/b15-6+,32-31+,50-20+,60-47+,72-67?. The molecule has 5 nitrogen and oxygen atoms in total. The predicted octanol–water partition coefficient (Wildman–Crippen LogP) is 17.7. The van der Waals surface area contributed by atoms with Gasteiger partial charge in [-0.25, -0.2) is 0 Å². The van der Waals surface area contributed by atoms with Gasteiger partial charge >= 0.3 is 0 Å². The minimum atomic E-state index is 0.104. The number of hydrogen-bond donors (Lipinski definition) is 3. The summed E-state index contributed by atoms with van der Waals surface area (Å²) >= 11 is 0. The summed E-state index contributed by atoms with van der Waals surface area (Å²) in [4.78, 5) is 9.35. The lowest BCUT2D eigenvalue weighted by molar-refractivity contribution is 0.790. The van der Waals surface area contributed by atoms with E-state index < -0.39 is 0 Å². The highest BCUT2D eigenvalue weighted by Gasteiger charge is 2.21. The van der Waals surface area contributed by atoms with Crippen LogP contribution in [0, 0.1) is 11.3 Å². The van der Waals surface area contributed by atoms with Crippen molar-refractivity contribution < 1.29 is 0 Å². The Morgan fingerprint density at radius 2 is 1.50 bits per heavy atom. The highest BCUT2D eigenvalue weighted by atomic mass is 15.0. The second-order valence-corrected chi connectivity index (χ2v) is 20.0. The maximum absolute atomic E-state index is 9.29. The van der Waals surface area contributed by atoms with Crippen molar-refractivity contribution in [2.75, 3.05) is 23.7 Å². The summed E-state index contributed by atoms with van der Waals surface area (Å²) in [7, 11) is 0. The molecule has 7 aromatic rings. The molecule has 368 valence electrons. The number of fused-ring (bicyclic) bond motifs is 6. The van der Waals surface area contributed by atoms with E-state index in [-0.39, 0.29) is 11.8 Å². The Balaban J connectivity index is 0.787. The van der Waals surface area contributed by atoms with E-state index in [0.29, 0.717) is 5.71 Å². The fraction of sp³-hybridized carbons (Fsp3) is 0.113. The zero-order chi connectivity index (χ0) is 51.2. The van der Waals surface area contributed by atoms with E-state index in [9.17, 15) is 5.41 Å². The van der Waals surface area contributed by atoms with Gasteiger partial charge in [-0.15, -0.1) is 0 Å². The van der Waals surface area contributed by atoms with Crippen LogP contribution < -0.4 is 10.6 Å². The van der Waals surface area contributed by atoms with Crippen LogP contribution >= 0.6 is 0 Å². The first kappa shape index (κ1) is 47.8. The molecule has 0 bridgehead atoms. The number of allylic oxidation sites excluding steroid dienone is 20. The first-order valence-electron chi connectivity index (χ1n) is 26.6. The zero-order valence-corrected chi connectivity index (χ0v) is 42.6. The topological polar surface area (TPSA) is 73.7 Å². The maximum atomic E-state index is 9.29. The summed E-state index contributed by atoms with van der Waals surface area (Å²) in [6.07, 6.45) is 51.4. The molecule has 3 N–H and O–H groups in total. The van der Waals surface area contributed by atoms with E-state index in [1.54, 1.807) is 0 Å². The first-order chi connectivity index (χ1) is 37.5. The van der Waals surface area contributed by atoms with Gasteiger partial charge in [-0.05, 0) is 134 Å². The van der Waals surface area contributed by atoms with E-state index in [1.165, 1.54) is 67.0 Å². The molecule has 5 aromatic carbocycles. The monoisotopic (exact) mass is 981 g/mol. The lowest BCUT2D eigenvalue weighted by Gasteiger charge is -2.25. The van der Waals surface area contributed by atoms with Crippen molar-refractivity contribution >= 4 is 68.3 Å². The van der Waals surface area contributed by atoms with E-state index in [4.69, 9.17) is 4.98 Å². The molecule has 2 aliphatic heterocycles. The SMILES string of the molecule is C=C/C(=C\C=C\c1cccc(C2C=C(/C=C/C(=C\C(=N)C3=CC=CCC3)C3C=C(c4cccc(-c5ccc(-c6cc7c(c8c6C=CCN8)NCC=C7)cc5)c4)C=CC3)C=CC2)c1)c1cc2cccnc2c2ncccc12. The number of nitrogens with zero attached hydrogens (tertiary/aromatic N) is 2. The van der Waals surface area contributed by atoms with E-state index in [1.807, 2.05) is 30.6 Å². The van der Waals surface area contributed by atoms with Gasteiger partial charge in [0.15, 0.2) is 0 Å². The molecule has 0 saturated carbocycles. The Bertz CT molecular complexity index is 3850. The van der Waals surface area contributed by atoms with Gasteiger partial charge in [0.25, 0.3) is 0 Å². The zero-order valence-electron chi connectivity index (χ0n) is 42.6. The summed E-state index contributed by atoms with van der Waals surface area (Å²) in [6, 6.07) is 39.5. The van der Waals surface area contributed by atoms with E-state index in [2.05, 4.69) is 235 Å². The van der Waals surface area contributed by atoms with E-state index >= 15 is 0 Å². The Morgan fingerprint density at radius 3 is 2.38 bits per heavy atom. The maximum Gasteiger partial charge on any atom is 0.0970 e. The molecule has 4 heterocycles. The number of benzene rings is 5. The third-order valence-corrected chi connectivity index (χ3v) is 15.1. The van der Waals surface area contributed by atoms with Crippen molar-refractivity contribution in [1.29, 1.82) is 5.41 Å². The molecule has 0 radical (unpaired) electrons. The van der Waals surface area contributed by atoms with Crippen LogP contribution in [0.3, 0.4) is 0 Å². The normalized spacial score (nSPS) is 18.0. The third-order valence-electron chi connectivity index (χ3n) is 15.1. The van der Waals surface area contributed by atoms with Crippen molar-refractivity contribution in [3.8, 4) is 22.3 Å². The van der Waals surface area contributed by atoms with Crippen molar-refractivity contribution in [3.05, 3.63) is 282 Å². The average molecular weight is 982 g/mol. The van der Waals surface area contributed by atoms with Gasteiger partial charge < -0.3 is 16.0 Å². The highest BCUT2D eigenvalue weighted by molar-refractivity contribution is 6.09. The van der Waals surface area contributed by atoms with Gasteiger partial charge in [-0.1, -0.05) is 201 Å². The van der Waals surface area contributed by atoms with E-state index in [0.717, 1.165) is 88.4 Å².